The molecule has 1 rings (SSSR count). The van der Waals surface area contributed by atoms with E-state index in [4.69, 9.17) is 0 Å². The Morgan fingerprint density at radius 2 is 2.13 bits per heavy atom. The third-order valence-electron chi connectivity index (χ3n) is 2.45. The van der Waals surface area contributed by atoms with Crippen molar-refractivity contribution in [2.45, 2.75) is 37.9 Å². The molecule has 0 spiro atoms. The Bertz CT molecular complexity index is 333. The molecule has 0 aliphatic carbocycles. The Labute approximate surface area is 100 Å². The number of carbonyl (C=O) groups excluding carboxylic acids is 1. The Balaban J connectivity index is 2.81. The van der Waals surface area contributed by atoms with E-state index in [2.05, 4.69) is 35.8 Å². The van der Waals surface area contributed by atoms with Gasteiger partial charge in [0.25, 0.3) is 0 Å². The molecule has 2 heteroatoms. The van der Waals surface area contributed by atoms with E-state index < -0.39 is 0 Å². The first kappa shape index (κ1) is 12.4. The first-order chi connectivity index (χ1) is 7.19. The molecule has 0 aliphatic heterocycles. The van der Waals surface area contributed by atoms with Crippen molar-refractivity contribution < 1.29 is 4.79 Å². The van der Waals surface area contributed by atoms with Gasteiger partial charge < -0.3 is 0 Å². The van der Waals surface area contributed by atoms with Gasteiger partial charge in [0.15, 0.2) is 5.78 Å². The molecule has 1 unspecified atom stereocenters. The van der Waals surface area contributed by atoms with Gasteiger partial charge in [0.2, 0.25) is 0 Å². The number of ketones is 1. The Morgan fingerprint density at radius 3 is 2.73 bits per heavy atom. The molecule has 0 heterocycles. The Morgan fingerprint density at radius 1 is 1.40 bits per heavy atom. The summed E-state index contributed by atoms with van der Waals surface area (Å²) in [6.07, 6.45) is 2.90. The van der Waals surface area contributed by atoms with Crippen molar-refractivity contribution in [1.82, 2.24) is 0 Å². The number of hydrogen-bond acceptors (Lipinski definition) is 1. The fourth-order valence-electron chi connectivity index (χ4n) is 1.51. The number of benzene rings is 1. The predicted octanol–water partition coefficient (Wildman–Crippen LogP) is 4.00. The lowest BCUT2D eigenvalue weighted by molar-refractivity contribution is 0.0988. The molecule has 0 bridgehead atoms. The first-order valence-corrected chi connectivity index (χ1v) is 6.37. The van der Waals surface area contributed by atoms with Crippen molar-refractivity contribution in [3.05, 3.63) is 35.4 Å². The van der Waals surface area contributed by atoms with Crippen LogP contribution in [0.25, 0.3) is 0 Å². The van der Waals surface area contributed by atoms with E-state index in [0.717, 1.165) is 24.8 Å². The summed E-state index contributed by atoms with van der Waals surface area (Å²) in [5, 5.41) is 0. The second-order valence-corrected chi connectivity index (χ2v) is 4.78. The van der Waals surface area contributed by atoms with Crippen LogP contribution in [0.3, 0.4) is 0 Å². The second-order valence-electron chi connectivity index (χ2n) is 3.67. The zero-order valence-electron chi connectivity index (χ0n) is 9.29. The molecule has 0 aliphatic rings. The van der Waals surface area contributed by atoms with Crippen LogP contribution in [0.4, 0.5) is 0 Å². The van der Waals surface area contributed by atoms with Crippen molar-refractivity contribution in [1.29, 1.82) is 0 Å². The van der Waals surface area contributed by atoms with E-state index in [9.17, 15) is 4.79 Å². The van der Waals surface area contributed by atoms with Gasteiger partial charge in [0.05, 0.1) is 4.83 Å². The quantitative estimate of drug-likeness (QED) is 0.583. The van der Waals surface area contributed by atoms with Crippen molar-refractivity contribution in [3.8, 4) is 0 Å². The van der Waals surface area contributed by atoms with Gasteiger partial charge >= 0.3 is 0 Å². The normalized spacial score (nSPS) is 12.5. The number of alkyl halides is 1. The lowest BCUT2D eigenvalue weighted by Gasteiger charge is -2.08. The van der Waals surface area contributed by atoms with E-state index in [1.54, 1.807) is 0 Å². The van der Waals surface area contributed by atoms with Gasteiger partial charge in [-0.05, 0) is 24.5 Å². The van der Waals surface area contributed by atoms with Crippen molar-refractivity contribution in [2.24, 2.45) is 0 Å². The second kappa shape index (κ2) is 6.06. The minimum absolute atomic E-state index is 0.0328. The van der Waals surface area contributed by atoms with E-state index in [1.807, 2.05) is 18.2 Å². The first-order valence-electron chi connectivity index (χ1n) is 5.46. The van der Waals surface area contributed by atoms with E-state index in [1.165, 1.54) is 5.56 Å². The molecular weight excluding hydrogens is 252 g/mol. The average Bonchev–Trinajstić information content (AvgIpc) is 2.28. The van der Waals surface area contributed by atoms with Gasteiger partial charge in [-0.15, -0.1) is 0 Å². The number of carbonyl (C=O) groups is 1. The topological polar surface area (TPSA) is 17.1 Å². The minimum atomic E-state index is -0.0328. The van der Waals surface area contributed by atoms with Gasteiger partial charge in [-0.25, -0.2) is 0 Å². The highest BCUT2D eigenvalue weighted by Gasteiger charge is 2.15. The number of aryl methyl sites for hydroxylation is 1. The maximum Gasteiger partial charge on any atom is 0.176 e. The zero-order valence-corrected chi connectivity index (χ0v) is 10.9. The van der Waals surface area contributed by atoms with E-state index >= 15 is 0 Å². The van der Waals surface area contributed by atoms with Gasteiger partial charge in [0, 0.05) is 5.56 Å². The van der Waals surface area contributed by atoms with Crippen LogP contribution in [0, 0.1) is 0 Å². The maximum atomic E-state index is 12.0. The SMILES string of the molecule is CCCC(Br)C(=O)c1cccc(CC)c1. The molecule has 1 nitrogen and oxygen atoms in total. The Hall–Kier alpha value is -0.630. The summed E-state index contributed by atoms with van der Waals surface area (Å²) in [7, 11) is 0. The zero-order chi connectivity index (χ0) is 11.3. The Kier molecular flexibility index (Phi) is 5.03. The van der Waals surface area contributed by atoms with Crippen LogP contribution in [0.1, 0.15) is 42.6 Å². The van der Waals surface area contributed by atoms with Gasteiger partial charge in [-0.3, -0.25) is 4.79 Å². The highest BCUT2D eigenvalue weighted by Crippen LogP contribution is 2.16. The van der Waals surface area contributed by atoms with Crippen LogP contribution in [-0.2, 0) is 6.42 Å². The van der Waals surface area contributed by atoms with Crippen LogP contribution in [0.5, 0.6) is 0 Å². The smallest absolute Gasteiger partial charge is 0.176 e. The lowest BCUT2D eigenvalue weighted by atomic mass is 10.0. The molecule has 1 aromatic rings. The van der Waals surface area contributed by atoms with Crippen LogP contribution < -0.4 is 0 Å². The fourth-order valence-corrected chi connectivity index (χ4v) is 2.23. The summed E-state index contributed by atoms with van der Waals surface area (Å²) in [5.74, 6) is 0.201. The fraction of sp³-hybridized carbons (Fsp3) is 0.462. The molecule has 1 atom stereocenters. The van der Waals surface area contributed by atoms with Crippen LogP contribution in [0.2, 0.25) is 0 Å². The number of hydrogen-bond donors (Lipinski definition) is 0. The lowest BCUT2D eigenvalue weighted by Crippen LogP contribution is -2.13. The molecular formula is C13H17BrO. The summed E-state index contributed by atoms with van der Waals surface area (Å²) in [6, 6.07) is 7.90. The molecule has 0 N–H and O–H groups in total. The summed E-state index contributed by atoms with van der Waals surface area (Å²) < 4.78 is 0. The largest absolute Gasteiger partial charge is 0.293 e. The molecule has 15 heavy (non-hydrogen) atoms. The highest BCUT2D eigenvalue weighted by atomic mass is 79.9. The van der Waals surface area contributed by atoms with Gasteiger partial charge in [-0.1, -0.05) is 54.4 Å². The van der Waals surface area contributed by atoms with Crippen molar-refractivity contribution in [3.63, 3.8) is 0 Å². The number of halogens is 1. The summed E-state index contributed by atoms with van der Waals surface area (Å²) in [4.78, 5) is 11.9. The molecule has 0 aromatic heterocycles. The third-order valence-corrected chi connectivity index (χ3v) is 3.32. The van der Waals surface area contributed by atoms with Crippen LogP contribution in [0.15, 0.2) is 24.3 Å². The van der Waals surface area contributed by atoms with E-state index in [-0.39, 0.29) is 10.6 Å². The molecule has 0 radical (unpaired) electrons. The molecule has 1 aromatic carbocycles. The monoisotopic (exact) mass is 268 g/mol. The molecule has 0 saturated carbocycles. The van der Waals surface area contributed by atoms with Crippen LogP contribution in [-0.4, -0.2) is 10.6 Å². The van der Waals surface area contributed by atoms with Crippen molar-refractivity contribution in [2.75, 3.05) is 0 Å². The van der Waals surface area contributed by atoms with Crippen LogP contribution >= 0.6 is 15.9 Å². The standard InChI is InChI=1S/C13H17BrO/c1-3-6-12(14)13(15)11-8-5-7-10(4-2)9-11/h5,7-9,12H,3-4,6H2,1-2H3. The minimum Gasteiger partial charge on any atom is -0.293 e. The average molecular weight is 269 g/mol. The summed E-state index contributed by atoms with van der Waals surface area (Å²) in [5.41, 5.74) is 2.04. The van der Waals surface area contributed by atoms with Crippen molar-refractivity contribution >= 4 is 21.7 Å². The molecule has 0 saturated heterocycles. The number of Topliss-reactive ketones (excluding diaryl/α,β-unsaturated/α-hetero) is 1. The molecule has 82 valence electrons. The van der Waals surface area contributed by atoms with Gasteiger partial charge in [0.1, 0.15) is 0 Å². The molecule has 0 amide bonds. The molecule has 0 fully saturated rings. The van der Waals surface area contributed by atoms with E-state index in [0.29, 0.717) is 0 Å². The summed E-state index contributed by atoms with van der Waals surface area (Å²) in [6.45, 7) is 4.19. The predicted molar refractivity (Wildman–Crippen MR) is 67.8 cm³/mol. The highest BCUT2D eigenvalue weighted by molar-refractivity contribution is 9.10. The third kappa shape index (κ3) is 3.45. The summed E-state index contributed by atoms with van der Waals surface area (Å²) >= 11 is 3.44. The van der Waals surface area contributed by atoms with Gasteiger partial charge in [-0.2, -0.15) is 0 Å². The number of rotatable bonds is 5. The maximum absolute atomic E-state index is 12.0.